The average Bonchev–Trinajstić information content (AvgIpc) is 2.97. The molecule has 0 aromatic carbocycles. The van der Waals surface area contributed by atoms with Crippen molar-refractivity contribution >= 4 is 10.0 Å². The average molecular weight is 327 g/mol. The molecule has 5 nitrogen and oxygen atoms in total. The van der Waals surface area contributed by atoms with Crippen LogP contribution in [0.2, 0.25) is 0 Å². The van der Waals surface area contributed by atoms with E-state index in [1.165, 1.54) is 12.6 Å². The molecule has 22 heavy (non-hydrogen) atoms. The third kappa shape index (κ3) is 3.90. The lowest BCUT2D eigenvalue weighted by Crippen LogP contribution is -2.39. The minimum absolute atomic E-state index is 0.0545. The molecule has 0 aliphatic heterocycles. The van der Waals surface area contributed by atoms with Crippen LogP contribution in [0.4, 0.5) is 0 Å². The Balaban J connectivity index is 1.95. The number of nitrogens with one attached hydrogen (secondary N) is 1. The van der Waals surface area contributed by atoms with Gasteiger partial charge < -0.3 is 0 Å². The van der Waals surface area contributed by atoms with E-state index in [4.69, 9.17) is 0 Å². The van der Waals surface area contributed by atoms with Crippen LogP contribution in [0, 0.1) is 11.3 Å². The molecule has 0 bridgehead atoms. The number of sulfonamides is 1. The molecule has 6 heteroatoms. The monoisotopic (exact) mass is 327 g/mol. The van der Waals surface area contributed by atoms with Crippen molar-refractivity contribution in [2.24, 2.45) is 11.3 Å². The Morgan fingerprint density at radius 1 is 1.27 bits per heavy atom. The molecule has 1 aromatic heterocycles. The first kappa shape index (κ1) is 17.5. The van der Waals surface area contributed by atoms with Crippen molar-refractivity contribution in [2.75, 3.05) is 0 Å². The van der Waals surface area contributed by atoms with Gasteiger partial charge in [-0.25, -0.2) is 13.1 Å². The van der Waals surface area contributed by atoms with Crippen LogP contribution in [0.3, 0.4) is 0 Å². The van der Waals surface area contributed by atoms with Crippen LogP contribution in [0.5, 0.6) is 0 Å². The van der Waals surface area contributed by atoms with Gasteiger partial charge in [0.15, 0.2) is 0 Å². The Morgan fingerprint density at radius 3 is 2.41 bits per heavy atom. The molecule has 1 heterocycles. The second kappa shape index (κ2) is 6.71. The second-order valence-electron chi connectivity index (χ2n) is 7.04. The molecule has 0 atom stereocenters. The lowest BCUT2D eigenvalue weighted by atomic mass is 9.69. The maximum atomic E-state index is 12.4. The van der Waals surface area contributed by atoms with E-state index in [2.05, 4.69) is 30.6 Å². The molecular formula is C16H29N3O2S. The normalized spacial score (nSPS) is 23.6. The summed E-state index contributed by atoms with van der Waals surface area (Å²) in [6.07, 6.45) is 8.24. The van der Waals surface area contributed by atoms with E-state index in [1.54, 1.807) is 10.9 Å². The van der Waals surface area contributed by atoms with E-state index < -0.39 is 10.0 Å². The third-order valence-corrected chi connectivity index (χ3v) is 6.78. The summed E-state index contributed by atoms with van der Waals surface area (Å²) in [5.41, 5.74) is 0.353. The molecular weight excluding hydrogens is 298 g/mol. The number of aryl methyl sites for hydroxylation is 1. The van der Waals surface area contributed by atoms with E-state index in [-0.39, 0.29) is 10.9 Å². The molecule has 1 saturated carbocycles. The zero-order valence-electron chi connectivity index (χ0n) is 14.2. The van der Waals surface area contributed by atoms with Gasteiger partial charge in [-0.15, -0.1) is 0 Å². The first-order chi connectivity index (χ1) is 10.3. The fraction of sp³-hybridized carbons (Fsp3) is 0.812. The Hall–Kier alpha value is -0.880. The van der Waals surface area contributed by atoms with Crippen LogP contribution in [-0.4, -0.2) is 24.2 Å². The van der Waals surface area contributed by atoms with Gasteiger partial charge in [-0.05, 0) is 43.9 Å². The van der Waals surface area contributed by atoms with E-state index >= 15 is 0 Å². The van der Waals surface area contributed by atoms with Crippen molar-refractivity contribution in [2.45, 2.75) is 77.3 Å². The van der Waals surface area contributed by atoms with Crippen molar-refractivity contribution in [3.63, 3.8) is 0 Å². The summed E-state index contributed by atoms with van der Waals surface area (Å²) in [4.78, 5) is 0.269. The van der Waals surface area contributed by atoms with Crippen LogP contribution < -0.4 is 4.72 Å². The third-order valence-electron chi connectivity index (χ3n) is 5.31. The van der Waals surface area contributed by atoms with Crippen molar-refractivity contribution in [1.82, 2.24) is 14.5 Å². The summed E-state index contributed by atoms with van der Waals surface area (Å²) in [6, 6.07) is 0.0545. The van der Waals surface area contributed by atoms with Gasteiger partial charge in [-0.3, -0.25) is 4.68 Å². The van der Waals surface area contributed by atoms with Gasteiger partial charge in [0.05, 0.1) is 6.20 Å². The molecule has 1 fully saturated rings. The van der Waals surface area contributed by atoms with Crippen LogP contribution >= 0.6 is 0 Å². The molecule has 0 radical (unpaired) electrons. The van der Waals surface area contributed by atoms with Crippen molar-refractivity contribution < 1.29 is 8.42 Å². The molecule has 1 aliphatic carbocycles. The topological polar surface area (TPSA) is 64.0 Å². The predicted octanol–water partition coefficient (Wildman–Crippen LogP) is 3.18. The maximum Gasteiger partial charge on any atom is 0.243 e. The molecule has 0 unspecified atom stereocenters. The highest BCUT2D eigenvalue weighted by Gasteiger charge is 2.33. The molecule has 0 amide bonds. The molecule has 1 aliphatic rings. The van der Waals surface area contributed by atoms with E-state index in [0.717, 1.165) is 25.7 Å². The van der Waals surface area contributed by atoms with Crippen molar-refractivity contribution in [3.05, 3.63) is 12.4 Å². The zero-order valence-corrected chi connectivity index (χ0v) is 15.0. The fourth-order valence-electron chi connectivity index (χ4n) is 3.23. The molecule has 2 rings (SSSR count). The number of hydrogen-bond acceptors (Lipinski definition) is 3. The molecule has 0 saturated heterocycles. The van der Waals surface area contributed by atoms with Gasteiger partial charge in [0.2, 0.25) is 10.0 Å². The van der Waals surface area contributed by atoms with Crippen LogP contribution in [0.1, 0.15) is 59.8 Å². The number of nitrogens with zero attached hydrogens (tertiary/aromatic N) is 2. The van der Waals surface area contributed by atoms with Crippen LogP contribution in [0.25, 0.3) is 0 Å². The van der Waals surface area contributed by atoms with Gasteiger partial charge in [0, 0.05) is 18.8 Å². The molecule has 1 aromatic rings. The van der Waals surface area contributed by atoms with Gasteiger partial charge in [0.25, 0.3) is 0 Å². The zero-order chi connectivity index (χ0) is 16.4. The predicted molar refractivity (Wildman–Crippen MR) is 88.0 cm³/mol. The first-order valence-corrected chi connectivity index (χ1v) is 9.81. The molecule has 126 valence electrons. The highest BCUT2D eigenvalue weighted by atomic mass is 32.2. The summed E-state index contributed by atoms with van der Waals surface area (Å²) < 4.78 is 29.3. The summed E-state index contributed by atoms with van der Waals surface area (Å²) in [5, 5.41) is 4.05. The largest absolute Gasteiger partial charge is 0.272 e. The van der Waals surface area contributed by atoms with Gasteiger partial charge in [-0.2, -0.15) is 5.10 Å². The van der Waals surface area contributed by atoms with Gasteiger partial charge >= 0.3 is 0 Å². The maximum absolute atomic E-state index is 12.4. The van der Waals surface area contributed by atoms with Gasteiger partial charge in [-0.1, -0.05) is 27.2 Å². The quantitative estimate of drug-likeness (QED) is 0.873. The molecule has 1 N–H and O–H groups in total. The fourth-order valence-corrected chi connectivity index (χ4v) is 4.48. The van der Waals surface area contributed by atoms with Crippen molar-refractivity contribution in [1.29, 1.82) is 0 Å². The summed E-state index contributed by atoms with van der Waals surface area (Å²) in [5.74, 6) is 0.695. The summed E-state index contributed by atoms with van der Waals surface area (Å²) >= 11 is 0. The van der Waals surface area contributed by atoms with E-state index in [1.807, 2.05) is 6.92 Å². The Bertz CT molecular complexity index is 584. The van der Waals surface area contributed by atoms with E-state index in [9.17, 15) is 8.42 Å². The Morgan fingerprint density at radius 2 is 1.91 bits per heavy atom. The van der Waals surface area contributed by atoms with Crippen LogP contribution in [-0.2, 0) is 16.6 Å². The molecule has 0 spiro atoms. The van der Waals surface area contributed by atoms with Crippen LogP contribution in [0.15, 0.2) is 17.3 Å². The highest BCUT2D eigenvalue weighted by molar-refractivity contribution is 7.89. The standard InChI is InChI=1S/C16H29N3O2S/c1-5-16(3,4)13-7-9-14(10-8-13)18-22(20,21)15-11-17-19(6-2)12-15/h11-14,18H,5-10H2,1-4H3. The first-order valence-electron chi connectivity index (χ1n) is 8.33. The lowest BCUT2D eigenvalue weighted by molar-refractivity contribution is 0.142. The lowest BCUT2D eigenvalue weighted by Gasteiger charge is -2.38. The SMILES string of the molecule is CCn1cc(S(=O)(=O)NC2CCC(C(C)(C)CC)CC2)cn1. The second-order valence-corrected chi connectivity index (χ2v) is 8.76. The van der Waals surface area contributed by atoms with Crippen molar-refractivity contribution in [3.8, 4) is 0 Å². The summed E-state index contributed by atoms with van der Waals surface area (Å²) in [7, 11) is -3.44. The number of aromatic nitrogens is 2. The highest BCUT2D eigenvalue weighted by Crippen LogP contribution is 2.40. The van der Waals surface area contributed by atoms with Gasteiger partial charge in [0.1, 0.15) is 4.90 Å². The minimum atomic E-state index is -3.44. The Kier molecular flexibility index (Phi) is 5.33. The number of hydrogen-bond donors (Lipinski definition) is 1. The number of rotatable bonds is 6. The summed E-state index contributed by atoms with van der Waals surface area (Å²) in [6.45, 7) is 9.49. The Labute approximate surface area is 134 Å². The van der Waals surface area contributed by atoms with E-state index in [0.29, 0.717) is 17.9 Å². The smallest absolute Gasteiger partial charge is 0.243 e. The minimum Gasteiger partial charge on any atom is -0.272 e.